The molecule has 0 saturated carbocycles. The maximum Gasteiger partial charge on any atom is 0.00729 e. The zero-order valence-electron chi connectivity index (χ0n) is 7.83. The summed E-state index contributed by atoms with van der Waals surface area (Å²) in [5.74, 6) is 0. The van der Waals surface area contributed by atoms with Gasteiger partial charge in [-0.2, -0.15) is 0 Å². The maximum absolute atomic E-state index is 7.02. The Kier molecular flexibility index (Phi) is 2.87. The zero-order chi connectivity index (χ0) is 8.04. The number of unbranched alkanes of at least 4 members (excludes halogenated alkanes) is 1. The van der Waals surface area contributed by atoms with Crippen molar-refractivity contribution in [2.24, 2.45) is 0 Å². The third-order valence-corrected chi connectivity index (χ3v) is 1.21. The smallest absolute Gasteiger partial charge is 0.00729 e. The summed E-state index contributed by atoms with van der Waals surface area (Å²) in [4.78, 5) is 0. The van der Waals surface area contributed by atoms with Gasteiger partial charge in [0.1, 0.15) is 0 Å². The van der Waals surface area contributed by atoms with Gasteiger partial charge in [0, 0.05) is 13.7 Å². The molecule has 2 heteroatoms. The van der Waals surface area contributed by atoms with E-state index in [1.165, 1.54) is 0 Å². The van der Waals surface area contributed by atoms with Crippen LogP contribution in [0.25, 0.3) is 0 Å². The predicted molar refractivity (Wildman–Crippen MR) is 37.9 cm³/mol. The van der Waals surface area contributed by atoms with Gasteiger partial charge < -0.3 is 5.32 Å². The molecule has 0 spiro atoms. The van der Waals surface area contributed by atoms with Crippen molar-refractivity contribution >= 4 is 10.0 Å². The predicted octanol–water partition coefficient (Wildman–Crippen LogP) is -0.230. The summed E-state index contributed by atoms with van der Waals surface area (Å²) in [7, 11) is -1.10. The molecule has 0 aromatic carbocycles. The highest BCUT2D eigenvalue weighted by Crippen LogP contribution is 1.88. The maximum atomic E-state index is 7.02. The number of hydrogen-bond donors (Lipinski definition) is 1. The molecule has 0 unspecified atom stereocenters. The van der Waals surface area contributed by atoms with Crippen molar-refractivity contribution in [2.75, 3.05) is 13.6 Å². The first-order chi connectivity index (χ1) is 4.56. The largest absolute Gasteiger partial charge is 0.320 e. The molecule has 0 radical (unpaired) electrons. The van der Waals surface area contributed by atoms with E-state index in [0.29, 0.717) is 6.04 Å². The first-order valence-electron chi connectivity index (χ1n) is 4.21. The van der Waals surface area contributed by atoms with Crippen LogP contribution in [-0.2, 0) is 0 Å². The fourth-order valence-electron chi connectivity index (χ4n) is 0.427. The Bertz CT molecular complexity index is 83.5. The van der Waals surface area contributed by atoms with E-state index in [9.17, 15) is 0 Å². The summed E-state index contributed by atoms with van der Waals surface area (Å²) in [5.41, 5.74) is 0. The quantitative estimate of drug-likeness (QED) is 0.393. The Morgan fingerprint density at radius 3 is 3.14 bits per heavy atom. The van der Waals surface area contributed by atoms with Crippen molar-refractivity contribution in [3.05, 3.63) is 0 Å². The molecule has 44 valence electrons. The van der Waals surface area contributed by atoms with Crippen molar-refractivity contribution < 1.29 is 0 Å². The average molecular weight is 123 g/mol. The molecule has 7 heavy (non-hydrogen) atoms. The fraction of sp³-hybridized carbons (Fsp3) is 1.00. The molecule has 0 aliphatic carbocycles. The molecule has 0 bridgehead atoms. The molecule has 0 aliphatic rings. The van der Waals surface area contributed by atoms with Gasteiger partial charge in [-0.1, -0.05) is 12.5 Å². The monoisotopic (exact) mass is 123 g/mol. The summed E-state index contributed by atoms with van der Waals surface area (Å²) in [6, 6.07) is 0.481. The van der Waals surface area contributed by atoms with E-state index in [1.54, 1.807) is 0 Å². The van der Waals surface area contributed by atoms with Crippen LogP contribution in [0.5, 0.6) is 0 Å². The Morgan fingerprint density at radius 1 is 1.71 bits per heavy atom. The van der Waals surface area contributed by atoms with Gasteiger partial charge in [-0.25, -0.2) is 0 Å². The molecule has 0 heterocycles. The first-order valence-corrected chi connectivity index (χ1v) is 3.41. The van der Waals surface area contributed by atoms with E-state index in [4.69, 9.17) is 3.70 Å². The van der Waals surface area contributed by atoms with Crippen LogP contribution in [0.2, 0.25) is 6.04 Å². The van der Waals surface area contributed by atoms with Crippen molar-refractivity contribution in [3.63, 3.8) is 0 Å². The minimum absolute atomic E-state index is 0.481. The van der Waals surface area contributed by atoms with Crippen LogP contribution >= 0.6 is 0 Å². The van der Waals surface area contributed by atoms with Gasteiger partial charge in [-0.05, 0) is 20.0 Å². The minimum Gasteiger partial charge on any atom is -0.320 e. The Morgan fingerprint density at radius 2 is 2.57 bits per heavy atom. The highest BCUT2D eigenvalue weighted by molar-refractivity contribution is 6.08. The minimum atomic E-state index is -2.98. The highest BCUT2D eigenvalue weighted by atomic mass is 28.1. The van der Waals surface area contributed by atoms with Crippen LogP contribution < -0.4 is 5.32 Å². The summed E-state index contributed by atoms with van der Waals surface area (Å²) >= 11 is 0. The third-order valence-electron chi connectivity index (χ3n) is 0.854. The van der Waals surface area contributed by atoms with Crippen molar-refractivity contribution in [1.29, 1.82) is 3.70 Å². The summed E-state index contributed by atoms with van der Waals surface area (Å²) in [5, 5.41) is 2.99. The zero-order valence-corrected chi connectivity index (χ0v) is 5.83. The second kappa shape index (κ2) is 6.18. The lowest BCUT2D eigenvalue weighted by Crippen LogP contribution is -2.06. The van der Waals surface area contributed by atoms with Gasteiger partial charge in [0.15, 0.2) is 0 Å². The van der Waals surface area contributed by atoms with Gasteiger partial charge in [0.25, 0.3) is 0 Å². The summed E-state index contributed by atoms with van der Waals surface area (Å²) < 4.78 is 21.1. The average Bonchev–Trinajstić information content (AvgIpc) is 1.78. The molecule has 0 aliphatic heterocycles. The molecule has 0 aromatic heterocycles. The third kappa shape index (κ3) is 6.18. The van der Waals surface area contributed by atoms with E-state index < -0.39 is 10.0 Å². The van der Waals surface area contributed by atoms with Crippen LogP contribution in [-0.4, -0.2) is 27.3 Å². The van der Waals surface area contributed by atoms with E-state index in [-0.39, 0.29) is 0 Å². The van der Waals surface area contributed by atoms with E-state index in [1.807, 2.05) is 7.05 Å². The lowest BCUT2D eigenvalue weighted by molar-refractivity contribution is 0.710. The molecule has 0 amide bonds. The number of rotatable bonds is 5. The van der Waals surface area contributed by atoms with Gasteiger partial charge >= 0.3 is 0 Å². The number of nitrogens with one attached hydrogen (secondary N) is 1. The molecular weight excluding hydrogens is 102 g/mol. The molecule has 1 N–H and O–H groups in total. The van der Waals surface area contributed by atoms with E-state index in [0.717, 1.165) is 19.4 Å². The Balaban J connectivity index is 3.04. The van der Waals surface area contributed by atoms with Crippen LogP contribution in [0.4, 0.5) is 0 Å². The Hall–Kier alpha value is 0.177. The van der Waals surface area contributed by atoms with Crippen molar-refractivity contribution in [2.45, 2.75) is 18.9 Å². The first kappa shape index (κ1) is 3.25. The number of hydrogen-bond acceptors (Lipinski definition) is 1. The molecule has 0 rings (SSSR count). The summed E-state index contributed by atoms with van der Waals surface area (Å²) in [6.07, 6.45) is 1.84. The van der Waals surface area contributed by atoms with Gasteiger partial charge in [-0.3, -0.25) is 0 Å². The summed E-state index contributed by atoms with van der Waals surface area (Å²) in [6.45, 7) is 0.935. The normalized spacial score (nSPS) is 17.6. The molecule has 0 saturated heterocycles. The molecule has 0 atom stereocenters. The SMILES string of the molecule is [3H][Si]([3H])([3H])CCCCNC. The van der Waals surface area contributed by atoms with Gasteiger partial charge in [0.05, 0.1) is 0 Å². The van der Waals surface area contributed by atoms with Gasteiger partial charge in [0.2, 0.25) is 0 Å². The molecule has 0 fully saturated rings. The van der Waals surface area contributed by atoms with Crippen LogP contribution in [0.1, 0.15) is 12.8 Å². The second-order valence-corrected chi connectivity index (χ2v) is 2.06. The highest BCUT2D eigenvalue weighted by Gasteiger charge is 1.78. The van der Waals surface area contributed by atoms with Crippen molar-refractivity contribution in [1.82, 2.24) is 5.32 Å². The lowest BCUT2D eigenvalue weighted by atomic mass is 10.3. The Labute approximate surface area is 52.6 Å². The van der Waals surface area contributed by atoms with Crippen LogP contribution in [0.15, 0.2) is 0 Å². The van der Waals surface area contributed by atoms with Crippen molar-refractivity contribution in [3.8, 4) is 0 Å². The van der Waals surface area contributed by atoms with Crippen LogP contribution in [0.3, 0.4) is 0 Å². The second-order valence-electron chi connectivity index (χ2n) is 1.56. The van der Waals surface area contributed by atoms with Gasteiger partial charge in [-0.15, -0.1) is 0 Å². The topological polar surface area (TPSA) is 12.0 Å². The molecule has 0 aromatic rings. The fourth-order valence-corrected chi connectivity index (χ4v) is 0.677. The molecular formula is C5H15NSi. The standard InChI is InChI=1S/C5H15NSi/c1-6-4-2-3-5-7/h6H,2-5H2,1,7H3/i7T3. The lowest BCUT2D eigenvalue weighted by Gasteiger charge is -1.93. The van der Waals surface area contributed by atoms with Crippen LogP contribution in [0, 0.1) is 0 Å². The van der Waals surface area contributed by atoms with E-state index in [2.05, 4.69) is 5.32 Å². The van der Waals surface area contributed by atoms with E-state index >= 15 is 0 Å². The molecule has 1 nitrogen and oxygen atoms in total.